The molecule has 0 saturated carbocycles. The Bertz CT molecular complexity index is 2700. The second-order valence-electron chi connectivity index (χ2n) is 14.9. The lowest BCUT2D eigenvalue weighted by Gasteiger charge is -2.37. The van der Waals surface area contributed by atoms with Crippen molar-refractivity contribution in [3.8, 4) is 22.3 Å². The first-order valence-electron chi connectivity index (χ1n) is 19.3. The van der Waals surface area contributed by atoms with E-state index >= 15 is 0 Å². The van der Waals surface area contributed by atoms with Crippen molar-refractivity contribution in [3.05, 3.63) is 211 Å². The van der Waals surface area contributed by atoms with Gasteiger partial charge in [0, 0.05) is 16.8 Å². The first kappa shape index (κ1) is 34.1. The highest BCUT2D eigenvalue weighted by molar-refractivity contribution is 6.21. The molecule has 0 aromatic heterocycles. The summed E-state index contributed by atoms with van der Waals surface area (Å²) in [6.45, 7) is 7.39. The molecule has 8 aromatic rings. The van der Waals surface area contributed by atoms with Gasteiger partial charge in [-0.2, -0.15) is 0 Å². The number of hydrogen-bond donors (Lipinski definition) is 0. The maximum Gasteiger partial charge on any atom is 0.0961 e. The fourth-order valence-corrected chi connectivity index (χ4v) is 8.39. The summed E-state index contributed by atoms with van der Waals surface area (Å²) < 4.78 is 0. The predicted octanol–water partition coefficient (Wildman–Crippen LogP) is 14.0. The van der Waals surface area contributed by atoms with E-state index in [1.807, 2.05) is 0 Å². The van der Waals surface area contributed by atoms with Gasteiger partial charge in [-0.1, -0.05) is 182 Å². The Morgan fingerprint density at radius 1 is 0.455 bits per heavy atom. The molecule has 0 radical (unpaired) electrons. The van der Waals surface area contributed by atoms with E-state index in [1.165, 1.54) is 77.1 Å². The summed E-state index contributed by atoms with van der Waals surface area (Å²) in [4.78, 5) is 5.04. The van der Waals surface area contributed by atoms with Crippen LogP contribution in [0.2, 0.25) is 0 Å². The number of anilines is 1. The first-order chi connectivity index (χ1) is 27.0. The minimum Gasteiger partial charge on any atom is -0.343 e. The fourth-order valence-electron chi connectivity index (χ4n) is 8.39. The maximum absolute atomic E-state index is 2.55. The second kappa shape index (κ2) is 14.3. The van der Waals surface area contributed by atoms with Crippen molar-refractivity contribution < 1.29 is 0 Å². The van der Waals surface area contributed by atoms with Gasteiger partial charge in [-0.3, -0.25) is 0 Å². The summed E-state index contributed by atoms with van der Waals surface area (Å²) in [5.41, 5.74) is 10.7. The van der Waals surface area contributed by atoms with Crippen LogP contribution in [0.3, 0.4) is 0 Å². The molecule has 2 nitrogen and oxygen atoms in total. The molecule has 0 N–H and O–H groups in total. The van der Waals surface area contributed by atoms with Gasteiger partial charge in [0.2, 0.25) is 0 Å². The Labute approximate surface area is 324 Å². The number of rotatable bonds is 8. The van der Waals surface area contributed by atoms with Crippen molar-refractivity contribution >= 4 is 49.4 Å². The van der Waals surface area contributed by atoms with Gasteiger partial charge in [0.25, 0.3) is 0 Å². The molecule has 2 heteroatoms. The van der Waals surface area contributed by atoms with E-state index in [2.05, 4.69) is 231 Å². The topological polar surface area (TPSA) is 6.48 Å². The first-order valence-corrected chi connectivity index (χ1v) is 19.3. The van der Waals surface area contributed by atoms with Crippen LogP contribution in [-0.4, -0.2) is 17.1 Å². The minimum absolute atomic E-state index is 0.260. The highest BCUT2D eigenvalue weighted by atomic mass is 15.4. The van der Waals surface area contributed by atoms with Crippen LogP contribution in [0.5, 0.6) is 0 Å². The van der Waals surface area contributed by atoms with Crippen LogP contribution < -0.4 is 4.90 Å². The summed E-state index contributed by atoms with van der Waals surface area (Å²) in [7, 11) is 0. The van der Waals surface area contributed by atoms with Crippen LogP contribution in [0.1, 0.15) is 31.9 Å². The van der Waals surface area contributed by atoms with Gasteiger partial charge in [0.05, 0.1) is 23.6 Å². The van der Waals surface area contributed by atoms with Gasteiger partial charge in [0.15, 0.2) is 0 Å². The number of allylic oxidation sites excluding steroid dienone is 3. The highest BCUT2D eigenvalue weighted by Crippen LogP contribution is 2.47. The van der Waals surface area contributed by atoms with Gasteiger partial charge >= 0.3 is 0 Å². The van der Waals surface area contributed by atoms with Crippen LogP contribution in [-0.2, 0) is 0 Å². The second-order valence-corrected chi connectivity index (χ2v) is 14.9. The van der Waals surface area contributed by atoms with Gasteiger partial charge in [0.1, 0.15) is 0 Å². The van der Waals surface area contributed by atoms with E-state index in [0.717, 1.165) is 5.69 Å². The molecule has 0 amide bonds. The third-order valence-electron chi connectivity index (χ3n) is 11.1. The molecule has 0 spiro atoms. The molecule has 0 bridgehead atoms. The van der Waals surface area contributed by atoms with Crippen LogP contribution >= 0.6 is 0 Å². The summed E-state index contributed by atoms with van der Waals surface area (Å²) in [6, 6.07) is 64.3. The van der Waals surface area contributed by atoms with Crippen molar-refractivity contribution in [2.45, 2.75) is 26.3 Å². The molecule has 1 aliphatic heterocycles. The van der Waals surface area contributed by atoms with E-state index in [1.54, 1.807) is 0 Å². The predicted molar refractivity (Wildman–Crippen MR) is 237 cm³/mol. The molecular formula is C53H44N2. The molecule has 1 heterocycles. The van der Waals surface area contributed by atoms with Gasteiger partial charge < -0.3 is 9.80 Å². The van der Waals surface area contributed by atoms with Crippen LogP contribution in [0.4, 0.5) is 5.69 Å². The van der Waals surface area contributed by atoms with Crippen molar-refractivity contribution in [1.82, 2.24) is 4.90 Å². The molecule has 0 aliphatic carbocycles. The maximum atomic E-state index is 2.55. The smallest absolute Gasteiger partial charge is 0.0961 e. The standard InChI is InChI=1S/C53H44N2/c1-4-5-18-35-53(2,3)55-37-54(51(40-20-8-6-9-21-40)52(55)41-22-10-7-11-23-41)44-33-31-39(32-34-44)49-45-25-14-16-27-47(45)50(48-28-17-15-26-46(48)49)43-30-29-38-19-12-13-24-42(38)36-43/h4-36H,37H2,1-3H3/b5-4-,35-18-. The van der Waals surface area contributed by atoms with E-state index in [0.29, 0.717) is 6.67 Å². The molecular weight excluding hydrogens is 665 g/mol. The van der Waals surface area contributed by atoms with Crippen molar-refractivity contribution in [2.24, 2.45) is 0 Å². The molecule has 0 unspecified atom stereocenters. The zero-order chi connectivity index (χ0) is 37.4. The molecule has 55 heavy (non-hydrogen) atoms. The summed E-state index contributed by atoms with van der Waals surface area (Å²) in [5, 5.41) is 7.56. The minimum atomic E-state index is -0.260. The number of nitrogens with zero attached hydrogens (tertiary/aromatic N) is 2. The molecule has 266 valence electrons. The Balaban J connectivity index is 1.20. The third kappa shape index (κ3) is 6.20. The number of fused-ring (bicyclic) bond motifs is 3. The quantitative estimate of drug-likeness (QED) is 0.115. The molecule has 0 fully saturated rings. The monoisotopic (exact) mass is 708 g/mol. The average Bonchev–Trinajstić information content (AvgIpc) is 3.65. The van der Waals surface area contributed by atoms with Gasteiger partial charge in [-0.05, 0) is 93.5 Å². The Morgan fingerprint density at radius 2 is 0.945 bits per heavy atom. The Morgan fingerprint density at radius 3 is 1.53 bits per heavy atom. The normalized spacial score (nSPS) is 13.7. The zero-order valence-corrected chi connectivity index (χ0v) is 31.7. The lowest BCUT2D eigenvalue weighted by Crippen LogP contribution is -2.42. The molecule has 8 aromatic carbocycles. The Kier molecular flexibility index (Phi) is 8.88. The van der Waals surface area contributed by atoms with Crippen molar-refractivity contribution in [3.63, 3.8) is 0 Å². The van der Waals surface area contributed by atoms with Crippen molar-refractivity contribution in [2.75, 3.05) is 11.6 Å². The zero-order valence-electron chi connectivity index (χ0n) is 31.7. The molecule has 0 saturated heterocycles. The fraction of sp³-hybridized carbons (Fsp3) is 0.0943. The third-order valence-corrected chi connectivity index (χ3v) is 11.1. The summed E-state index contributed by atoms with van der Waals surface area (Å²) in [6.07, 6.45) is 8.67. The Hall–Kier alpha value is -6.64. The van der Waals surface area contributed by atoms with E-state index in [4.69, 9.17) is 0 Å². The van der Waals surface area contributed by atoms with E-state index < -0.39 is 0 Å². The number of hydrogen-bond acceptors (Lipinski definition) is 2. The van der Waals surface area contributed by atoms with E-state index in [9.17, 15) is 0 Å². The number of benzene rings is 8. The average molecular weight is 709 g/mol. The molecule has 1 aliphatic rings. The molecule has 9 rings (SSSR count). The lowest BCUT2D eigenvalue weighted by molar-refractivity contribution is 0.271. The summed E-state index contributed by atoms with van der Waals surface area (Å²) in [5.74, 6) is 0. The van der Waals surface area contributed by atoms with Crippen LogP contribution in [0.25, 0.3) is 66.0 Å². The SMILES string of the molecule is C/C=C\C=C/C(C)(C)N1CN(c2ccc(-c3c4ccccc4c(-c4ccc5ccccc5c4)c4ccccc34)cc2)C(c2ccccc2)=C1c1ccccc1. The van der Waals surface area contributed by atoms with Crippen molar-refractivity contribution in [1.29, 1.82) is 0 Å². The van der Waals surface area contributed by atoms with Crippen LogP contribution in [0, 0.1) is 0 Å². The van der Waals surface area contributed by atoms with Gasteiger partial charge in [-0.25, -0.2) is 0 Å². The lowest BCUT2D eigenvalue weighted by atomic mass is 9.85. The molecule has 0 atom stereocenters. The van der Waals surface area contributed by atoms with E-state index in [-0.39, 0.29) is 5.54 Å². The highest BCUT2D eigenvalue weighted by Gasteiger charge is 2.38. The van der Waals surface area contributed by atoms with Crippen LogP contribution in [0.15, 0.2) is 200 Å². The largest absolute Gasteiger partial charge is 0.343 e. The van der Waals surface area contributed by atoms with Gasteiger partial charge in [-0.15, -0.1) is 0 Å². The summed E-state index contributed by atoms with van der Waals surface area (Å²) >= 11 is 0.